The van der Waals surface area contributed by atoms with E-state index < -0.39 is 5.91 Å². The third kappa shape index (κ3) is 3.53. The zero-order chi connectivity index (χ0) is 15.6. The van der Waals surface area contributed by atoms with Gasteiger partial charge in [-0.3, -0.25) is 4.79 Å². The second-order valence-corrected chi connectivity index (χ2v) is 5.43. The van der Waals surface area contributed by atoms with Gasteiger partial charge in [0.15, 0.2) is 0 Å². The first kappa shape index (κ1) is 15.8. The molecule has 0 unspecified atom stereocenters. The molecule has 0 atom stereocenters. The summed E-state index contributed by atoms with van der Waals surface area (Å²) in [6, 6.07) is 7.73. The molecule has 1 amide bonds. The van der Waals surface area contributed by atoms with Crippen molar-refractivity contribution in [3.8, 4) is 5.75 Å². The Bertz CT molecular complexity index is 705. The summed E-state index contributed by atoms with van der Waals surface area (Å²) in [6.07, 6.45) is 0. The van der Waals surface area contributed by atoms with Gasteiger partial charge < -0.3 is 15.8 Å². The molecule has 0 aliphatic heterocycles. The summed E-state index contributed by atoms with van der Waals surface area (Å²) in [7, 11) is 1.42. The first-order valence-electron chi connectivity index (χ1n) is 5.81. The van der Waals surface area contributed by atoms with Gasteiger partial charge in [0.1, 0.15) is 5.75 Å². The van der Waals surface area contributed by atoms with Crippen LogP contribution in [0.1, 0.15) is 10.4 Å². The van der Waals surface area contributed by atoms with Crippen LogP contribution in [0.15, 0.2) is 30.3 Å². The molecule has 0 aromatic heterocycles. The number of anilines is 2. The fourth-order valence-corrected chi connectivity index (χ4v) is 2.52. The Labute approximate surface area is 136 Å². The zero-order valence-electron chi connectivity index (χ0n) is 10.9. The van der Waals surface area contributed by atoms with Gasteiger partial charge in [-0.05, 0) is 30.3 Å². The number of carbonyl (C=O) groups excluding carboxylic acids is 1. The molecule has 0 aliphatic rings. The van der Waals surface area contributed by atoms with Crippen LogP contribution in [-0.4, -0.2) is 13.0 Å². The van der Waals surface area contributed by atoms with Crippen molar-refractivity contribution in [1.29, 1.82) is 0 Å². The lowest BCUT2D eigenvalue weighted by atomic mass is 10.1. The van der Waals surface area contributed by atoms with Gasteiger partial charge in [-0.2, -0.15) is 0 Å². The Kier molecular flexibility index (Phi) is 4.83. The number of halogens is 3. The summed E-state index contributed by atoms with van der Waals surface area (Å²) in [6.45, 7) is 0. The summed E-state index contributed by atoms with van der Waals surface area (Å²) < 4.78 is 5.14. The van der Waals surface area contributed by atoms with E-state index >= 15 is 0 Å². The van der Waals surface area contributed by atoms with E-state index in [1.165, 1.54) is 19.2 Å². The van der Waals surface area contributed by atoms with E-state index in [-0.39, 0.29) is 16.3 Å². The Hall–Kier alpha value is -1.62. The number of methoxy groups -OCH3 is 1. The Balaban J connectivity index is 2.36. The second kappa shape index (κ2) is 6.43. The first-order valence-corrected chi connectivity index (χ1v) is 6.95. The van der Waals surface area contributed by atoms with E-state index in [0.29, 0.717) is 21.4 Å². The quantitative estimate of drug-likeness (QED) is 0.806. The Morgan fingerprint density at radius 1 is 1.14 bits per heavy atom. The van der Waals surface area contributed by atoms with E-state index in [0.717, 1.165) is 0 Å². The predicted molar refractivity (Wildman–Crippen MR) is 86.8 cm³/mol. The van der Waals surface area contributed by atoms with Gasteiger partial charge in [0.25, 0.3) is 5.91 Å². The number of amides is 1. The number of carbonyl (C=O) groups is 1. The monoisotopic (exact) mass is 344 g/mol. The van der Waals surface area contributed by atoms with E-state index in [9.17, 15) is 4.79 Å². The highest BCUT2D eigenvalue weighted by Gasteiger charge is 2.17. The molecule has 2 aromatic carbocycles. The number of nitrogens with one attached hydrogen (secondary N) is 1. The Morgan fingerprint density at radius 2 is 1.86 bits per heavy atom. The van der Waals surface area contributed by atoms with Crippen LogP contribution in [0.2, 0.25) is 15.1 Å². The van der Waals surface area contributed by atoms with Crippen molar-refractivity contribution in [3.05, 3.63) is 51.0 Å². The van der Waals surface area contributed by atoms with Crippen molar-refractivity contribution in [2.75, 3.05) is 18.2 Å². The van der Waals surface area contributed by atoms with Crippen LogP contribution in [0.4, 0.5) is 11.4 Å². The molecular formula is C14H11Cl3N2O2. The van der Waals surface area contributed by atoms with E-state index in [4.69, 9.17) is 45.3 Å². The lowest BCUT2D eigenvalue weighted by molar-refractivity contribution is 0.102. The number of hydrogen-bond acceptors (Lipinski definition) is 3. The van der Waals surface area contributed by atoms with Gasteiger partial charge in [-0.25, -0.2) is 0 Å². The molecule has 0 aliphatic carbocycles. The molecule has 0 heterocycles. The van der Waals surface area contributed by atoms with E-state index in [1.807, 2.05) is 0 Å². The van der Waals surface area contributed by atoms with Crippen molar-refractivity contribution in [2.45, 2.75) is 0 Å². The average Bonchev–Trinajstić information content (AvgIpc) is 2.41. The summed E-state index contributed by atoms with van der Waals surface area (Å²) in [5, 5.41) is 3.72. The molecule has 0 saturated carbocycles. The third-order valence-electron chi connectivity index (χ3n) is 2.72. The second-order valence-electron chi connectivity index (χ2n) is 4.15. The number of nitrogens with two attached hydrogens (primary N) is 1. The van der Waals surface area contributed by atoms with Crippen molar-refractivity contribution in [3.63, 3.8) is 0 Å². The molecule has 0 fully saturated rings. The summed E-state index contributed by atoms with van der Waals surface area (Å²) in [4.78, 5) is 12.3. The standard InChI is InChI=1S/C14H11Cl3N2O2/c1-21-13-9(4-8(16)5-10(13)17)14(20)19-12-3-2-7(15)6-11(12)18/h2-6H,18H2,1H3,(H,19,20). The first-order chi connectivity index (χ1) is 9.92. The van der Waals surface area contributed by atoms with E-state index in [2.05, 4.69) is 5.32 Å². The van der Waals surface area contributed by atoms with Crippen molar-refractivity contribution >= 4 is 52.1 Å². The molecule has 0 saturated heterocycles. The topological polar surface area (TPSA) is 64.3 Å². The summed E-state index contributed by atoms with van der Waals surface area (Å²) >= 11 is 17.7. The van der Waals surface area contributed by atoms with Crippen LogP contribution in [-0.2, 0) is 0 Å². The van der Waals surface area contributed by atoms with Crippen molar-refractivity contribution < 1.29 is 9.53 Å². The maximum Gasteiger partial charge on any atom is 0.259 e. The number of rotatable bonds is 3. The average molecular weight is 346 g/mol. The lowest BCUT2D eigenvalue weighted by Crippen LogP contribution is -2.14. The highest BCUT2D eigenvalue weighted by Crippen LogP contribution is 2.33. The molecule has 21 heavy (non-hydrogen) atoms. The summed E-state index contributed by atoms with van der Waals surface area (Å²) in [5.41, 5.74) is 6.79. The minimum Gasteiger partial charge on any atom is -0.494 e. The SMILES string of the molecule is COc1c(Cl)cc(Cl)cc1C(=O)Nc1ccc(Cl)cc1N. The minimum atomic E-state index is -0.440. The van der Waals surface area contributed by atoms with Gasteiger partial charge in [0, 0.05) is 10.0 Å². The smallest absolute Gasteiger partial charge is 0.259 e. The fourth-order valence-electron chi connectivity index (χ4n) is 1.77. The molecule has 0 radical (unpaired) electrons. The zero-order valence-corrected chi connectivity index (χ0v) is 13.2. The largest absolute Gasteiger partial charge is 0.494 e. The fraction of sp³-hybridized carbons (Fsp3) is 0.0714. The third-order valence-corrected chi connectivity index (χ3v) is 3.45. The van der Waals surface area contributed by atoms with Crippen LogP contribution in [0.5, 0.6) is 5.75 Å². The highest BCUT2D eigenvalue weighted by molar-refractivity contribution is 6.36. The van der Waals surface area contributed by atoms with Crippen molar-refractivity contribution in [2.24, 2.45) is 0 Å². The Morgan fingerprint density at radius 3 is 2.48 bits per heavy atom. The van der Waals surface area contributed by atoms with Gasteiger partial charge in [0.2, 0.25) is 0 Å². The molecule has 0 spiro atoms. The van der Waals surface area contributed by atoms with Crippen LogP contribution in [0, 0.1) is 0 Å². The summed E-state index contributed by atoms with van der Waals surface area (Å²) in [5.74, 6) is -0.198. The van der Waals surface area contributed by atoms with Gasteiger partial charge in [-0.15, -0.1) is 0 Å². The minimum absolute atomic E-state index is 0.212. The molecule has 7 heteroatoms. The maximum absolute atomic E-state index is 12.3. The molecule has 0 bridgehead atoms. The van der Waals surface area contributed by atoms with Gasteiger partial charge >= 0.3 is 0 Å². The number of nitrogen functional groups attached to an aromatic ring is 1. The maximum atomic E-state index is 12.3. The molecular weight excluding hydrogens is 335 g/mol. The molecule has 110 valence electrons. The van der Waals surface area contributed by atoms with Gasteiger partial charge in [0.05, 0.1) is 29.1 Å². The van der Waals surface area contributed by atoms with Crippen LogP contribution in [0.3, 0.4) is 0 Å². The number of ether oxygens (including phenoxy) is 1. The predicted octanol–water partition coefficient (Wildman–Crippen LogP) is 4.49. The van der Waals surface area contributed by atoms with Crippen LogP contribution in [0.25, 0.3) is 0 Å². The number of hydrogen-bond donors (Lipinski definition) is 2. The molecule has 2 aromatic rings. The lowest BCUT2D eigenvalue weighted by Gasteiger charge is -2.12. The van der Waals surface area contributed by atoms with E-state index in [1.54, 1.807) is 18.2 Å². The van der Waals surface area contributed by atoms with Crippen molar-refractivity contribution in [1.82, 2.24) is 0 Å². The normalized spacial score (nSPS) is 10.3. The number of benzene rings is 2. The highest BCUT2D eigenvalue weighted by atomic mass is 35.5. The molecule has 4 nitrogen and oxygen atoms in total. The van der Waals surface area contributed by atoms with Crippen LogP contribution < -0.4 is 15.8 Å². The molecule has 3 N–H and O–H groups in total. The van der Waals surface area contributed by atoms with Crippen LogP contribution >= 0.6 is 34.8 Å². The molecule has 2 rings (SSSR count). The van der Waals surface area contributed by atoms with Gasteiger partial charge in [-0.1, -0.05) is 34.8 Å².